The molecule has 3 N–H and O–H groups in total. The van der Waals surface area contributed by atoms with E-state index in [1.54, 1.807) is 18.2 Å². The molecule has 1 saturated carbocycles. The SMILES string of the molecule is CNC(=O)c1cc(NC(=O)CNCC2CC2)ccc1Cl.Cl. The van der Waals surface area contributed by atoms with Crippen LogP contribution in [0.3, 0.4) is 0 Å². The summed E-state index contributed by atoms with van der Waals surface area (Å²) in [7, 11) is 1.53. The topological polar surface area (TPSA) is 70.2 Å². The first-order valence-electron chi connectivity index (χ1n) is 6.62. The van der Waals surface area contributed by atoms with Crippen molar-refractivity contribution in [1.82, 2.24) is 10.6 Å². The lowest BCUT2D eigenvalue weighted by atomic mass is 10.2. The Morgan fingerprint density at radius 3 is 2.67 bits per heavy atom. The van der Waals surface area contributed by atoms with Crippen molar-refractivity contribution in [2.45, 2.75) is 12.8 Å². The van der Waals surface area contributed by atoms with Crippen LogP contribution in [0.5, 0.6) is 0 Å². The van der Waals surface area contributed by atoms with Crippen LogP contribution in [0.1, 0.15) is 23.2 Å². The zero-order valence-electron chi connectivity index (χ0n) is 11.7. The second kappa shape index (κ2) is 8.22. The van der Waals surface area contributed by atoms with Crippen LogP contribution >= 0.6 is 24.0 Å². The molecule has 0 atom stereocenters. The summed E-state index contributed by atoms with van der Waals surface area (Å²) >= 11 is 5.95. The molecule has 5 nitrogen and oxygen atoms in total. The van der Waals surface area contributed by atoms with Gasteiger partial charge in [0.25, 0.3) is 5.91 Å². The van der Waals surface area contributed by atoms with Gasteiger partial charge in [0.1, 0.15) is 0 Å². The summed E-state index contributed by atoms with van der Waals surface area (Å²) in [6, 6.07) is 4.84. The second-order valence-electron chi connectivity index (χ2n) is 4.90. The van der Waals surface area contributed by atoms with E-state index < -0.39 is 0 Å². The fourth-order valence-electron chi connectivity index (χ4n) is 1.83. The minimum atomic E-state index is -0.280. The zero-order chi connectivity index (χ0) is 14.5. The van der Waals surface area contributed by atoms with Gasteiger partial charge in [-0.3, -0.25) is 9.59 Å². The van der Waals surface area contributed by atoms with Gasteiger partial charge >= 0.3 is 0 Å². The molecule has 1 aromatic carbocycles. The monoisotopic (exact) mass is 331 g/mol. The predicted octanol–water partition coefficient (Wildman–Crippen LogP) is 2.06. The lowest BCUT2D eigenvalue weighted by Crippen LogP contribution is -2.29. The molecule has 1 aliphatic rings. The van der Waals surface area contributed by atoms with Crippen molar-refractivity contribution in [3.05, 3.63) is 28.8 Å². The van der Waals surface area contributed by atoms with Gasteiger partial charge in [-0.1, -0.05) is 11.6 Å². The van der Waals surface area contributed by atoms with Crippen LogP contribution in [0.2, 0.25) is 5.02 Å². The van der Waals surface area contributed by atoms with Crippen molar-refractivity contribution in [2.24, 2.45) is 5.92 Å². The molecule has 0 radical (unpaired) electrons. The van der Waals surface area contributed by atoms with E-state index in [1.165, 1.54) is 19.9 Å². The van der Waals surface area contributed by atoms with Crippen molar-refractivity contribution in [3.63, 3.8) is 0 Å². The summed E-state index contributed by atoms with van der Waals surface area (Å²) in [6.45, 7) is 1.16. The number of halogens is 2. The number of carbonyl (C=O) groups excluding carboxylic acids is 2. The Morgan fingerprint density at radius 2 is 2.05 bits per heavy atom. The molecule has 7 heteroatoms. The van der Waals surface area contributed by atoms with E-state index in [0.717, 1.165) is 12.5 Å². The van der Waals surface area contributed by atoms with Gasteiger partial charge in [-0.25, -0.2) is 0 Å². The maximum atomic E-state index is 11.7. The van der Waals surface area contributed by atoms with E-state index in [2.05, 4.69) is 16.0 Å². The third kappa shape index (κ3) is 5.53. The van der Waals surface area contributed by atoms with Gasteiger partial charge in [-0.15, -0.1) is 12.4 Å². The number of hydrogen-bond donors (Lipinski definition) is 3. The second-order valence-corrected chi connectivity index (χ2v) is 5.30. The number of hydrogen-bond acceptors (Lipinski definition) is 3. The smallest absolute Gasteiger partial charge is 0.252 e. The number of amides is 2. The molecule has 0 bridgehead atoms. The summed E-state index contributed by atoms with van der Waals surface area (Å²) in [5, 5.41) is 8.72. The highest BCUT2D eigenvalue weighted by Gasteiger charge is 2.20. The minimum Gasteiger partial charge on any atom is -0.355 e. The normalized spacial score (nSPS) is 13.2. The quantitative estimate of drug-likeness (QED) is 0.747. The summed E-state index contributed by atoms with van der Waals surface area (Å²) in [4.78, 5) is 23.3. The first-order chi connectivity index (χ1) is 9.60. The lowest BCUT2D eigenvalue weighted by Gasteiger charge is -2.09. The molecular weight excluding hydrogens is 313 g/mol. The Morgan fingerprint density at radius 1 is 1.33 bits per heavy atom. The molecule has 1 aromatic rings. The van der Waals surface area contributed by atoms with Gasteiger partial charge in [0, 0.05) is 12.7 Å². The Hall–Kier alpha value is -1.30. The number of anilines is 1. The van der Waals surface area contributed by atoms with E-state index in [0.29, 0.717) is 16.3 Å². The zero-order valence-corrected chi connectivity index (χ0v) is 13.3. The molecule has 2 rings (SSSR count). The van der Waals surface area contributed by atoms with Crippen LogP contribution in [0.25, 0.3) is 0 Å². The van der Waals surface area contributed by atoms with Crippen molar-refractivity contribution < 1.29 is 9.59 Å². The summed E-state index contributed by atoms with van der Waals surface area (Å²) in [6.07, 6.45) is 2.50. The Balaban J connectivity index is 0.00000220. The molecule has 2 amide bonds. The van der Waals surface area contributed by atoms with E-state index in [9.17, 15) is 9.59 Å². The molecule has 21 heavy (non-hydrogen) atoms. The Bertz CT molecular complexity index is 519. The number of benzene rings is 1. The molecular formula is C14H19Cl2N3O2. The Labute approximate surface area is 135 Å². The molecule has 0 unspecified atom stereocenters. The first kappa shape index (κ1) is 17.8. The minimum absolute atomic E-state index is 0. The number of carbonyl (C=O) groups is 2. The average Bonchev–Trinajstić information content (AvgIpc) is 3.24. The highest BCUT2D eigenvalue weighted by molar-refractivity contribution is 6.34. The number of rotatable bonds is 6. The van der Waals surface area contributed by atoms with Gasteiger partial charge in [0.05, 0.1) is 17.1 Å². The fraction of sp³-hybridized carbons (Fsp3) is 0.429. The summed E-state index contributed by atoms with van der Waals surface area (Å²) < 4.78 is 0. The molecule has 0 aliphatic heterocycles. The van der Waals surface area contributed by atoms with Crippen LogP contribution in [0, 0.1) is 5.92 Å². The molecule has 0 spiro atoms. The maximum absolute atomic E-state index is 11.7. The van der Waals surface area contributed by atoms with E-state index in [4.69, 9.17) is 11.6 Å². The third-order valence-electron chi connectivity index (χ3n) is 3.14. The van der Waals surface area contributed by atoms with E-state index in [-0.39, 0.29) is 30.8 Å². The van der Waals surface area contributed by atoms with Crippen LogP contribution in [0.15, 0.2) is 18.2 Å². The predicted molar refractivity (Wildman–Crippen MR) is 86.3 cm³/mol. The largest absolute Gasteiger partial charge is 0.355 e. The maximum Gasteiger partial charge on any atom is 0.252 e. The summed E-state index contributed by atoms with van der Waals surface area (Å²) in [5.74, 6) is 0.326. The van der Waals surface area contributed by atoms with Crippen LogP contribution in [-0.4, -0.2) is 32.0 Å². The van der Waals surface area contributed by atoms with Gasteiger partial charge in [-0.05, 0) is 43.5 Å². The van der Waals surface area contributed by atoms with Crippen LogP contribution < -0.4 is 16.0 Å². The highest BCUT2D eigenvalue weighted by Crippen LogP contribution is 2.27. The molecule has 0 aromatic heterocycles. The first-order valence-corrected chi connectivity index (χ1v) is 7.00. The van der Waals surface area contributed by atoms with Crippen molar-refractivity contribution in [2.75, 3.05) is 25.5 Å². The van der Waals surface area contributed by atoms with Crippen LogP contribution in [-0.2, 0) is 4.79 Å². The Kier molecular flexibility index (Phi) is 6.95. The van der Waals surface area contributed by atoms with Gasteiger partial charge in [0.15, 0.2) is 0 Å². The van der Waals surface area contributed by atoms with Crippen LogP contribution in [0.4, 0.5) is 5.69 Å². The molecule has 0 saturated heterocycles. The molecule has 0 heterocycles. The van der Waals surface area contributed by atoms with Gasteiger partial charge < -0.3 is 16.0 Å². The summed E-state index contributed by atoms with van der Waals surface area (Å²) in [5.41, 5.74) is 0.907. The third-order valence-corrected chi connectivity index (χ3v) is 3.47. The van der Waals surface area contributed by atoms with Crippen molar-refractivity contribution in [3.8, 4) is 0 Å². The molecule has 1 aliphatic carbocycles. The standard InChI is InChI=1S/C14H18ClN3O2.ClH/c1-16-14(20)11-6-10(4-5-12(11)15)18-13(19)8-17-7-9-2-3-9;/h4-6,9,17H,2-3,7-8H2,1H3,(H,16,20)(H,18,19);1H. The van der Waals surface area contributed by atoms with Gasteiger partial charge in [-0.2, -0.15) is 0 Å². The van der Waals surface area contributed by atoms with E-state index in [1.807, 2.05) is 0 Å². The fourth-order valence-corrected chi connectivity index (χ4v) is 2.03. The number of nitrogens with one attached hydrogen (secondary N) is 3. The van der Waals surface area contributed by atoms with Gasteiger partial charge in [0.2, 0.25) is 5.91 Å². The average molecular weight is 332 g/mol. The van der Waals surface area contributed by atoms with E-state index >= 15 is 0 Å². The molecule has 116 valence electrons. The van der Waals surface area contributed by atoms with Crippen molar-refractivity contribution in [1.29, 1.82) is 0 Å². The lowest BCUT2D eigenvalue weighted by molar-refractivity contribution is -0.115. The highest BCUT2D eigenvalue weighted by atomic mass is 35.5. The molecule has 1 fully saturated rings. The van der Waals surface area contributed by atoms with Crippen molar-refractivity contribution >= 4 is 41.5 Å².